The molecule has 1 saturated heterocycles. The molecule has 168 valence electrons. The average Bonchev–Trinajstić information content (AvgIpc) is 3.12. The van der Waals surface area contributed by atoms with Crippen LogP contribution < -0.4 is 15.5 Å². The third-order valence-corrected chi connectivity index (χ3v) is 4.93. The molecule has 2 rings (SSSR count). The second kappa shape index (κ2) is 10.2. The zero-order valence-electron chi connectivity index (χ0n) is 19.5. The van der Waals surface area contributed by atoms with Crippen molar-refractivity contribution in [3.8, 4) is 0 Å². The van der Waals surface area contributed by atoms with Crippen molar-refractivity contribution in [1.82, 2.24) is 10.2 Å². The Morgan fingerprint density at radius 2 is 1.93 bits per heavy atom. The van der Waals surface area contributed by atoms with E-state index in [1.165, 1.54) is 0 Å². The molecule has 1 unspecified atom stereocenters. The van der Waals surface area contributed by atoms with Gasteiger partial charge in [0.15, 0.2) is 0 Å². The largest absolute Gasteiger partial charge is 0.377 e. The van der Waals surface area contributed by atoms with Gasteiger partial charge in [0.2, 0.25) is 5.91 Å². The molecule has 1 aliphatic heterocycles. The number of hydrogen-bond donors (Lipinski definition) is 2. The Kier molecular flexibility index (Phi) is 8.12. The van der Waals surface area contributed by atoms with Crippen LogP contribution in [0.1, 0.15) is 53.0 Å². The Morgan fingerprint density at radius 3 is 2.47 bits per heavy atom. The molecule has 1 atom stereocenters. The second-order valence-electron chi connectivity index (χ2n) is 9.58. The summed E-state index contributed by atoms with van der Waals surface area (Å²) in [6.07, 6.45) is 2.05. The van der Waals surface area contributed by atoms with Gasteiger partial charge in [0.05, 0.1) is 6.10 Å². The van der Waals surface area contributed by atoms with Crippen molar-refractivity contribution in [3.05, 3.63) is 23.8 Å². The first-order valence-electron chi connectivity index (χ1n) is 10.8. The Balaban J connectivity index is 2.30. The lowest BCUT2D eigenvalue weighted by molar-refractivity contribution is -0.118. The van der Waals surface area contributed by atoms with E-state index in [1.54, 1.807) is 0 Å². The average molecular weight is 419 g/mol. The summed E-state index contributed by atoms with van der Waals surface area (Å²) in [5, 5.41) is 6.03. The first kappa shape index (κ1) is 24.0. The second-order valence-corrected chi connectivity index (χ2v) is 9.58. The SMILES string of the molecule is CC(C)C(=O)Nc1ccc(N(C)C)c(CN(CC2CCCO2)C(=O)NC(C)(C)C)c1. The number of amides is 3. The van der Waals surface area contributed by atoms with Gasteiger partial charge < -0.3 is 25.2 Å². The summed E-state index contributed by atoms with van der Waals surface area (Å²) in [6, 6.07) is 5.73. The summed E-state index contributed by atoms with van der Waals surface area (Å²) < 4.78 is 5.79. The molecule has 7 heteroatoms. The fourth-order valence-corrected chi connectivity index (χ4v) is 3.37. The van der Waals surface area contributed by atoms with Crippen molar-refractivity contribution in [3.63, 3.8) is 0 Å². The zero-order valence-corrected chi connectivity index (χ0v) is 19.5. The van der Waals surface area contributed by atoms with Crippen LogP contribution in [0.4, 0.5) is 16.2 Å². The molecule has 0 aromatic heterocycles. The third-order valence-electron chi connectivity index (χ3n) is 4.93. The van der Waals surface area contributed by atoms with Crippen LogP contribution in [-0.4, -0.2) is 55.7 Å². The van der Waals surface area contributed by atoms with Crippen LogP contribution in [0.25, 0.3) is 0 Å². The van der Waals surface area contributed by atoms with Gasteiger partial charge in [-0.25, -0.2) is 4.79 Å². The van der Waals surface area contributed by atoms with E-state index in [4.69, 9.17) is 4.74 Å². The van der Waals surface area contributed by atoms with Gasteiger partial charge in [0.1, 0.15) is 0 Å². The van der Waals surface area contributed by atoms with Crippen molar-refractivity contribution in [1.29, 1.82) is 0 Å². The van der Waals surface area contributed by atoms with Gasteiger partial charge in [-0.05, 0) is 57.4 Å². The smallest absolute Gasteiger partial charge is 0.318 e. The molecule has 0 radical (unpaired) electrons. The lowest BCUT2D eigenvalue weighted by Crippen LogP contribution is -2.50. The van der Waals surface area contributed by atoms with E-state index in [0.29, 0.717) is 13.1 Å². The highest BCUT2D eigenvalue weighted by molar-refractivity contribution is 5.92. The number of urea groups is 1. The summed E-state index contributed by atoms with van der Waals surface area (Å²) in [7, 11) is 3.95. The van der Waals surface area contributed by atoms with E-state index in [2.05, 4.69) is 10.6 Å². The van der Waals surface area contributed by atoms with E-state index in [1.807, 2.05) is 76.7 Å². The van der Waals surface area contributed by atoms with Crippen LogP contribution in [0.3, 0.4) is 0 Å². The topological polar surface area (TPSA) is 73.9 Å². The first-order chi connectivity index (χ1) is 14.0. The van der Waals surface area contributed by atoms with Gasteiger partial charge in [0, 0.05) is 56.6 Å². The van der Waals surface area contributed by atoms with Crippen LogP contribution in [0.2, 0.25) is 0 Å². The molecular weight excluding hydrogens is 380 g/mol. The van der Waals surface area contributed by atoms with Crippen LogP contribution in [0.5, 0.6) is 0 Å². The number of carbonyl (C=O) groups is 2. The highest BCUT2D eigenvalue weighted by Crippen LogP contribution is 2.26. The molecule has 2 N–H and O–H groups in total. The van der Waals surface area contributed by atoms with Gasteiger partial charge >= 0.3 is 6.03 Å². The molecule has 1 heterocycles. The number of nitrogens with one attached hydrogen (secondary N) is 2. The van der Waals surface area contributed by atoms with E-state index in [9.17, 15) is 9.59 Å². The van der Waals surface area contributed by atoms with Gasteiger partial charge in [0.25, 0.3) is 0 Å². The van der Waals surface area contributed by atoms with Gasteiger partial charge in [-0.15, -0.1) is 0 Å². The lowest BCUT2D eigenvalue weighted by Gasteiger charge is -2.31. The van der Waals surface area contributed by atoms with E-state index in [0.717, 1.165) is 36.4 Å². The highest BCUT2D eigenvalue weighted by Gasteiger charge is 2.26. The fraction of sp³-hybridized carbons (Fsp3) is 0.652. The Hall–Kier alpha value is -2.28. The minimum Gasteiger partial charge on any atom is -0.377 e. The van der Waals surface area contributed by atoms with Crippen LogP contribution in [0.15, 0.2) is 18.2 Å². The van der Waals surface area contributed by atoms with Gasteiger partial charge in [-0.1, -0.05) is 13.8 Å². The Morgan fingerprint density at radius 1 is 1.23 bits per heavy atom. The van der Waals surface area contributed by atoms with Crippen molar-refractivity contribution in [2.24, 2.45) is 5.92 Å². The molecule has 1 aromatic carbocycles. The quantitative estimate of drug-likeness (QED) is 0.706. The Bertz CT molecular complexity index is 734. The van der Waals surface area contributed by atoms with Crippen molar-refractivity contribution >= 4 is 23.3 Å². The number of rotatable bonds is 7. The molecule has 0 bridgehead atoms. The predicted molar refractivity (Wildman–Crippen MR) is 122 cm³/mol. The normalized spacial score (nSPS) is 16.5. The maximum Gasteiger partial charge on any atom is 0.318 e. The third kappa shape index (κ3) is 7.20. The highest BCUT2D eigenvalue weighted by atomic mass is 16.5. The van der Waals surface area contributed by atoms with E-state index >= 15 is 0 Å². The number of benzene rings is 1. The summed E-state index contributed by atoms with van der Waals surface area (Å²) in [4.78, 5) is 29.0. The molecule has 1 aliphatic rings. The van der Waals surface area contributed by atoms with E-state index in [-0.39, 0.29) is 29.5 Å². The maximum absolute atomic E-state index is 13.1. The molecular formula is C23H38N4O3. The number of nitrogens with zero attached hydrogens (tertiary/aromatic N) is 2. The van der Waals surface area contributed by atoms with Gasteiger partial charge in [-0.2, -0.15) is 0 Å². The number of ether oxygens (including phenoxy) is 1. The standard InChI is InChI=1S/C23H38N4O3/c1-16(2)21(28)24-18-10-11-20(26(6)7)17(13-18)14-27(15-19-9-8-12-30-19)22(29)25-23(3,4)5/h10-11,13,16,19H,8-9,12,14-15H2,1-7H3,(H,24,28)(H,25,29). The minimum atomic E-state index is -0.330. The Labute approximate surface area is 181 Å². The molecule has 0 aliphatic carbocycles. The first-order valence-corrected chi connectivity index (χ1v) is 10.8. The van der Waals surface area contributed by atoms with Crippen LogP contribution in [-0.2, 0) is 16.1 Å². The molecule has 0 saturated carbocycles. The van der Waals surface area contributed by atoms with E-state index < -0.39 is 0 Å². The number of hydrogen-bond acceptors (Lipinski definition) is 4. The van der Waals surface area contributed by atoms with Crippen LogP contribution >= 0.6 is 0 Å². The molecule has 0 spiro atoms. The zero-order chi connectivity index (χ0) is 22.5. The van der Waals surface area contributed by atoms with Crippen LogP contribution in [0, 0.1) is 5.92 Å². The summed E-state index contributed by atoms with van der Waals surface area (Å²) >= 11 is 0. The molecule has 1 fully saturated rings. The number of anilines is 2. The molecule has 1 aromatic rings. The lowest BCUT2D eigenvalue weighted by atomic mass is 10.1. The molecule has 30 heavy (non-hydrogen) atoms. The number of carbonyl (C=O) groups excluding carboxylic acids is 2. The summed E-state index contributed by atoms with van der Waals surface area (Å²) in [6.45, 7) is 11.4. The maximum atomic E-state index is 13.1. The predicted octanol–water partition coefficient (Wildman–Crippen LogP) is 3.84. The minimum absolute atomic E-state index is 0.0276. The molecule has 3 amide bonds. The van der Waals surface area contributed by atoms with Crippen molar-refractivity contribution in [2.45, 2.75) is 65.6 Å². The monoisotopic (exact) mass is 418 g/mol. The fourth-order valence-electron chi connectivity index (χ4n) is 3.37. The summed E-state index contributed by atoms with van der Waals surface area (Å²) in [5.74, 6) is -0.129. The van der Waals surface area contributed by atoms with Crippen molar-refractivity contribution in [2.75, 3.05) is 37.5 Å². The van der Waals surface area contributed by atoms with Crippen molar-refractivity contribution < 1.29 is 14.3 Å². The van der Waals surface area contributed by atoms with Gasteiger partial charge in [-0.3, -0.25) is 4.79 Å². The molecule has 7 nitrogen and oxygen atoms in total. The summed E-state index contributed by atoms with van der Waals surface area (Å²) in [5.41, 5.74) is 2.40.